The average Bonchev–Trinajstić information content (AvgIpc) is 3.61. The van der Waals surface area contributed by atoms with Gasteiger partial charge in [0.05, 0.1) is 35.3 Å². The monoisotopic (exact) mass is 513 g/mol. The number of pyridine rings is 3. The number of ether oxygens (including phenoxy) is 1. The lowest BCUT2D eigenvalue weighted by atomic mass is 10.1. The van der Waals surface area contributed by atoms with E-state index in [1.807, 2.05) is 42.5 Å². The van der Waals surface area contributed by atoms with Crippen molar-refractivity contribution < 1.29 is 9.13 Å². The zero-order valence-corrected chi connectivity index (χ0v) is 20.5. The van der Waals surface area contributed by atoms with Gasteiger partial charge in [0.2, 0.25) is 0 Å². The number of rotatable bonds is 6. The molecule has 2 N–H and O–H groups in total. The van der Waals surface area contributed by atoms with Gasteiger partial charge in [-0.2, -0.15) is 5.10 Å². The number of halogens is 1. The highest BCUT2D eigenvalue weighted by Gasteiger charge is 2.18. The summed E-state index contributed by atoms with van der Waals surface area (Å²) < 4.78 is 20.5. The number of nitrogens with zero attached hydrogens (tertiary/aromatic N) is 5. The molecule has 0 saturated heterocycles. The predicted molar refractivity (Wildman–Crippen MR) is 146 cm³/mol. The Labute approximate surface area is 221 Å². The van der Waals surface area contributed by atoms with Gasteiger partial charge in [0, 0.05) is 34.5 Å². The van der Waals surface area contributed by atoms with Gasteiger partial charge >= 0.3 is 0 Å². The van der Waals surface area contributed by atoms with Gasteiger partial charge < -0.3 is 9.72 Å². The maximum absolute atomic E-state index is 14.6. The number of benzene rings is 2. The number of hydrogen-bond acceptors (Lipinski definition) is 6. The zero-order chi connectivity index (χ0) is 26.2. The number of aromatic nitrogens is 7. The van der Waals surface area contributed by atoms with E-state index in [0.717, 1.165) is 22.0 Å². The number of aromatic amines is 2. The van der Waals surface area contributed by atoms with Crippen molar-refractivity contribution in [2.24, 2.45) is 0 Å². The van der Waals surface area contributed by atoms with E-state index in [2.05, 4.69) is 30.1 Å². The van der Waals surface area contributed by atoms with Crippen molar-refractivity contribution in [3.63, 3.8) is 0 Å². The number of H-pyrrole nitrogens is 2. The van der Waals surface area contributed by atoms with Gasteiger partial charge in [0.25, 0.3) is 0 Å². The second-order valence-corrected chi connectivity index (χ2v) is 9.02. The summed E-state index contributed by atoms with van der Waals surface area (Å²) in [6, 6.07) is 20.4. The Kier molecular flexibility index (Phi) is 5.51. The maximum Gasteiger partial charge on any atom is 0.159 e. The molecule has 0 atom stereocenters. The molecule has 0 amide bonds. The molecule has 8 nitrogen and oxygen atoms in total. The van der Waals surface area contributed by atoms with Crippen LogP contribution >= 0.6 is 0 Å². The fourth-order valence-electron chi connectivity index (χ4n) is 4.56. The van der Waals surface area contributed by atoms with Crippen LogP contribution in [-0.4, -0.2) is 35.1 Å². The van der Waals surface area contributed by atoms with Crippen molar-refractivity contribution in [2.45, 2.75) is 6.61 Å². The van der Waals surface area contributed by atoms with Crippen LogP contribution in [0.25, 0.3) is 55.8 Å². The third kappa shape index (κ3) is 4.25. The summed E-state index contributed by atoms with van der Waals surface area (Å²) in [7, 11) is 0. The van der Waals surface area contributed by atoms with Crippen LogP contribution in [-0.2, 0) is 6.61 Å². The Bertz CT molecular complexity index is 1950. The molecule has 0 fully saturated rings. The predicted octanol–water partition coefficient (Wildman–Crippen LogP) is 6.34. The lowest BCUT2D eigenvalue weighted by Crippen LogP contribution is -1.96. The summed E-state index contributed by atoms with van der Waals surface area (Å²) >= 11 is 0. The third-order valence-corrected chi connectivity index (χ3v) is 6.49. The Morgan fingerprint density at radius 1 is 0.795 bits per heavy atom. The standard InChI is InChI=1S/C30H20FN7O/c31-24-9-5-4-8-21(24)23-14-33-15-27-28(23)36-30(35-27)29-22-11-25(34-16-26(22)37-38-29)19-10-20(13-32-12-19)39-17-18-6-2-1-3-7-18/h1-16H,17H2,(H,35,36)(H,37,38). The molecule has 0 aliphatic carbocycles. The Morgan fingerprint density at radius 3 is 2.54 bits per heavy atom. The molecular weight excluding hydrogens is 493 g/mol. The summed E-state index contributed by atoms with van der Waals surface area (Å²) in [6.07, 6.45) is 8.45. The molecule has 0 aliphatic rings. The fourth-order valence-corrected chi connectivity index (χ4v) is 4.56. The van der Waals surface area contributed by atoms with Gasteiger partial charge in [-0.25, -0.2) is 9.37 Å². The van der Waals surface area contributed by atoms with E-state index in [4.69, 9.17) is 9.72 Å². The van der Waals surface area contributed by atoms with Crippen LogP contribution in [0.1, 0.15) is 5.56 Å². The van der Waals surface area contributed by atoms with Gasteiger partial charge in [-0.3, -0.25) is 20.1 Å². The molecule has 7 rings (SSSR count). The number of hydrogen-bond donors (Lipinski definition) is 2. The average molecular weight is 514 g/mol. The second-order valence-electron chi connectivity index (χ2n) is 9.02. The van der Waals surface area contributed by atoms with E-state index < -0.39 is 0 Å². The van der Waals surface area contributed by atoms with Crippen LogP contribution in [0.2, 0.25) is 0 Å². The van der Waals surface area contributed by atoms with Crippen LogP contribution in [0.4, 0.5) is 4.39 Å². The molecule has 0 spiro atoms. The van der Waals surface area contributed by atoms with Crippen molar-refractivity contribution in [3.8, 4) is 39.7 Å². The minimum atomic E-state index is -0.333. The van der Waals surface area contributed by atoms with Crippen LogP contribution in [0.15, 0.2) is 97.7 Å². The zero-order valence-electron chi connectivity index (χ0n) is 20.5. The fraction of sp³-hybridized carbons (Fsp3) is 0.0333. The summed E-state index contributed by atoms with van der Waals surface area (Å²) in [6.45, 7) is 0.445. The third-order valence-electron chi connectivity index (χ3n) is 6.49. The maximum atomic E-state index is 14.6. The molecule has 0 saturated carbocycles. The van der Waals surface area contributed by atoms with E-state index in [1.54, 1.807) is 49.2 Å². The molecule has 39 heavy (non-hydrogen) atoms. The summed E-state index contributed by atoms with van der Waals surface area (Å²) in [5, 5.41) is 8.36. The van der Waals surface area contributed by atoms with Crippen molar-refractivity contribution in [1.82, 2.24) is 35.1 Å². The van der Waals surface area contributed by atoms with Crippen LogP contribution in [0.5, 0.6) is 5.75 Å². The van der Waals surface area contributed by atoms with E-state index in [1.165, 1.54) is 6.07 Å². The number of nitrogens with one attached hydrogen (secondary N) is 2. The largest absolute Gasteiger partial charge is 0.487 e. The van der Waals surface area contributed by atoms with Crippen molar-refractivity contribution in [2.75, 3.05) is 0 Å². The smallest absolute Gasteiger partial charge is 0.159 e. The first-order valence-electron chi connectivity index (χ1n) is 12.3. The normalized spacial score (nSPS) is 11.3. The molecule has 2 aromatic carbocycles. The highest BCUT2D eigenvalue weighted by atomic mass is 19.1. The van der Waals surface area contributed by atoms with E-state index in [9.17, 15) is 4.39 Å². The van der Waals surface area contributed by atoms with Crippen molar-refractivity contribution >= 4 is 21.9 Å². The second kappa shape index (κ2) is 9.46. The minimum absolute atomic E-state index is 0.333. The van der Waals surface area contributed by atoms with Gasteiger partial charge in [-0.1, -0.05) is 48.5 Å². The van der Waals surface area contributed by atoms with Gasteiger partial charge in [0.1, 0.15) is 29.4 Å². The molecule has 0 bridgehead atoms. The molecule has 0 aliphatic heterocycles. The van der Waals surface area contributed by atoms with E-state index in [0.29, 0.717) is 51.7 Å². The van der Waals surface area contributed by atoms with E-state index >= 15 is 0 Å². The van der Waals surface area contributed by atoms with Crippen LogP contribution < -0.4 is 4.74 Å². The topological polar surface area (TPSA) is 105 Å². The molecular formula is C30H20FN7O. The lowest BCUT2D eigenvalue weighted by Gasteiger charge is -2.08. The molecule has 7 aromatic rings. The highest BCUT2D eigenvalue weighted by molar-refractivity contribution is 5.97. The van der Waals surface area contributed by atoms with Crippen LogP contribution in [0, 0.1) is 5.82 Å². The summed E-state index contributed by atoms with van der Waals surface area (Å²) in [4.78, 5) is 21.3. The Balaban J connectivity index is 1.25. The molecule has 0 radical (unpaired) electrons. The van der Waals surface area contributed by atoms with Gasteiger partial charge in [0.15, 0.2) is 5.82 Å². The van der Waals surface area contributed by atoms with E-state index in [-0.39, 0.29) is 5.82 Å². The first-order valence-corrected chi connectivity index (χ1v) is 12.3. The van der Waals surface area contributed by atoms with Crippen LogP contribution in [0.3, 0.4) is 0 Å². The molecule has 5 heterocycles. The lowest BCUT2D eigenvalue weighted by molar-refractivity contribution is 0.305. The van der Waals surface area contributed by atoms with Crippen molar-refractivity contribution in [1.29, 1.82) is 0 Å². The first kappa shape index (κ1) is 22.7. The Morgan fingerprint density at radius 2 is 1.64 bits per heavy atom. The molecule has 188 valence electrons. The molecule has 5 aromatic heterocycles. The minimum Gasteiger partial charge on any atom is -0.487 e. The van der Waals surface area contributed by atoms with Gasteiger partial charge in [-0.05, 0) is 23.8 Å². The summed E-state index contributed by atoms with van der Waals surface area (Å²) in [5.74, 6) is 0.856. The quantitative estimate of drug-likeness (QED) is 0.269. The first-order chi connectivity index (χ1) is 19.2. The number of fused-ring (bicyclic) bond motifs is 2. The van der Waals surface area contributed by atoms with Crippen molar-refractivity contribution in [3.05, 3.63) is 109 Å². The number of imidazole rings is 1. The molecule has 0 unspecified atom stereocenters. The van der Waals surface area contributed by atoms with Gasteiger partial charge in [-0.15, -0.1) is 0 Å². The Hall–Kier alpha value is -5.44. The SMILES string of the molecule is Fc1ccccc1-c1cncc2[nH]c(-c3n[nH]c4cnc(-c5cncc(OCc6ccccc6)c5)cc34)nc12. The molecule has 9 heteroatoms. The summed E-state index contributed by atoms with van der Waals surface area (Å²) in [5.41, 5.74) is 6.32. The highest BCUT2D eigenvalue weighted by Crippen LogP contribution is 2.33.